The number of aromatic nitrogens is 5. The lowest BCUT2D eigenvalue weighted by atomic mass is 10.1. The van der Waals surface area contributed by atoms with Gasteiger partial charge in [-0.1, -0.05) is 13.8 Å². The van der Waals surface area contributed by atoms with Gasteiger partial charge in [0.25, 0.3) is 5.56 Å². The molecule has 0 aliphatic heterocycles. The fourth-order valence-electron chi connectivity index (χ4n) is 2.95. The number of fused-ring (bicyclic) bond motifs is 3. The van der Waals surface area contributed by atoms with E-state index < -0.39 is 10.8 Å². The van der Waals surface area contributed by atoms with Crippen molar-refractivity contribution in [3.8, 4) is 0 Å². The maximum absolute atomic E-state index is 13.0. The highest BCUT2D eigenvalue weighted by Gasteiger charge is 2.19. The highest BCUT2D eigenvalue weighted by molar-refractivity contribution is 7.86. The summed E-state index contributed by atoms with van der Waals surface area (Å²) in [5.41, 5.74) is 1.09. The fraction of sp³-hybridized carbons (Fsp3) is 0.412. The summed E-state index contributed by atoms with van der Waals surface area (Å²) in [6, 6.07) is 0. The minimum absolute atomic E-state index is 0.155. The van der Waals surface area contributed by atoms with Crippen LogP contribution in [0.15, 0.2) is 21.5 Å². The van der Waals surface area contributed by atoms with Crippen LogP contribution in [0.4, 0.5) is 0 Å². The molecule has 2 unspecified atom stereocenters. The summed E-state index contributed by atoms with van der Waals surface area (Å²) in [6.07, 6.45) is 6.18. The summed E-state index contributed by atoms with van der Waals surface area (Å²) >= 11 is 2.98. The third-order valence-electron chi connectivity index (χ3n) is 4.66. The van der Waals surface area contributed by atoms with Crippen LogP contribution in [-0.2, 0) is 24.4 Å². The molecule has 4 rings (SSSR count). The van der Waals surface area contributed by atoms with E-state index in [2.05, 4.69) is 28.9 Å². The Morgan fingerprint density at radius 3 is 2.78 bits per heavy atom. The number of thiazole rings is 2. The molecule has 0 spiro atoms. The zero-order chi connectivity index (χ0) is 19.3. The van der Waals surface area contributed by atoms with Crippen molar-refractivity contribution < 1.29 is 4.21 Å². The third kappa shape index (κ3) is 3.05. The van der Waals surface area contributed by atoms with Gasteiger partial charge >= 0.3 is 0 Å². The Hall–Kier alpha value is -1.91. The minimum Gasteiger partial charge on any atom is -0.323 e. The van der Waals surface area contributed by atoms with E-state index in [9.17, 15) is 9.00 Å². The average molecular weight is 422 g/mol. The molecule has 4 aromatic rings. The first-order chi connectivity index (χ1) is 12.9. The molecule has 0 bridgehead atoms. The first kappa shape index (κ1) is 18.5. The molecule has 0 aromatic carbocycles. The summed E-state index contributed by atoms with van der Waals surface area (Å²) in [4.78, 5) is 22.9. The SMILES string of the molecule is CCC(C)c1ncc(Cn2ncc3c4sc(S(C)=O)nc4n(C)c3c2=O)s1. The standard InChI is InChI=1S/C17H19N5O2S3/c1-5-9(2)15-18-6-10(25-15)8-22-16(23)12-11(7-19-22)13-14(21(12)3)20-17(26-13)27(4)24/h6-7,9H,5,8H2,1-4H3. The molecule has 7 nitrogen and oxygen atoms in total. The van der Waals surface area contributed by atoms with Crippen LogP contribution in [0.5, 0.6) is 0 Å². The molecule has 4 aromatic heterocycles. The van der Waals surface area contributed by atoms with Crippen molar-refractivity contribution in [2.45, 2.75) is 37.1 Å². The van der Waals surface area contributed by atoms with Gasteiger partial charge in [0.05, 0.1) is 33.2 Å². The number of nitrogens with zero attached hydrogens (tertiary/aromatic N) is 5. The Bertz CT molecular complexity index is 1230. The molecule has 0 N–H and O–H groups in total. The Morgan fingerprint density at radius 1 is 1.30 bits per heavy atom. The van der Waals surface area contributed by atoms with Gasteiger partial charge in [0.15, 0.2) is 9.99 Å². The molecule has 0 saturated heterocycles. The predicted molar refractivity (Wildman–Crippen MR) is 110 cm³/mol. The van der Waals surface area contributed by atoms with Crippen molar-refractivity contribution in [3.05, 3.63) is 32.6 Å². The molecule has 0 radical (unpaired) electrons. The van der Waals surface area contributed by atoms with E-state index in [0.29, 0.717) is 28.0 Å². The van der Waals surface area contributed by atoms with Gasteiger partial charge in [0.2, 0.25) is 0 Å². The van der Waals surface area contributed by atoms with E-state index in [1.807, 2.05) is 13.2 Å². The van der Waals surface area contributed by atoms with E-state index in [0.717, 1.165) is 26.4 Å². The second-order valence-electron chi connectivity index (χ2n) is 6.49. The highest BCUT2D eigenvalue weighted by atomic mass is 32.2. The van der Waals surface area contributed by atoms with Gasteiger partial charge in [-0.3, -0.25) is 9.00 Å². The number of hydrogen-bond donors (Lipinski definition) is 0. The van der Waals surface area contributed by atoms with E-state index in [1.165, 1.54) is 16.0 Å². The Morgan fingerprint density at radius 2 is 2.07 bits per heavy atom. The highest BCUT2D eigenvalue weighted by Crippen LogP contribution is 2.32. The number of rotatable bonds is 5. The normalized spacial score (nSPS) is 14.2. The van der Waals surface area contributed by atoms with Gasteiger partial charge in [-0.05, 0) is 6.42 Å². The zero-order valence-corrected chi connectivity index (χ0v) is 17.9. The van der Waals surface area contributed by atoms with Crippen LogP contribution in [0.25, 0.3) is 21.3 Å². The summed E-state index contributed by atoms with van der Waals surface area (Å²) in [7, 11) is 0.666. The van der Waals surface area contributed by atoms with Crippen LogP contribution >= 0.6 is 22.7 Å². The molecule has 0 saturated carbocycles. The van der Waals surface area contributed by atoms with Crippen molar-refractivity contribution in [1.82, 2.24) is 24.3 Å². The third-order valence-corrected chi connectivity index (χ3v) is 8.29. The summed E-state index contributed by atoms with van der Waals surface area (Å²) in [6.45, 7) is 4.69. The zero-order valence-electron chi connectivity index (χ0n) is 15.4. The maximum Gasteiger partial charge on any atom is 0.291 e. The molecular weight excluding hydrogens is 402 g/mol. The van der Waals surface area contributed by atoms with Gasteiger partial charge in [-0.2, -0.15) is 5.10 Å². The van der Waals surface area contributed by atoms with Crippen molar-refractivity contribution in [1.29, 1.82) is 0 Å². The molecule has 10 heteroatoms. The van der Waals surface area contributed by atoms with Crippen LogP contribution in [0.2, 0.25) is 0 Å². The molecule has 2 atom stereocenters. The first-order valence-electron chi connectivity index (χ1n) is 8.53. The first-order valence-corrected chi connectivity index (χ1v) is 11.7. The summed E-state index contributed by atoms with van der Waals surface area (Å²) in [5, 5.41) is 6.21. The van der Waals surface area contributed by atoms with Gasteiger partial charge in [0.1, 0.15) is 5.52 Å². The Balaban J connectivity index is 1.78. The Labute approximate surface area is 166 Å². The van der Waals surface area contributed by atoms with E-state index >= 15 is 0 Å². The number of aryl methyl sites for hydroxylation is 1. The van der Waals surface area contributed by atoms with Crippen LogP contribution in [0.3, 0.4) is 0 Å². The topological polar surface area (TPSA) is 82.7 Å². The van der Waals surface area contributed by atoms with E-state index in [-0.39, 0.29) is 5.56 Å². The second kappa shape index (κ2) is 6.92. The molecule has 0 amide bonds. The van der Waals surface area contributed by atoms with Crippen molar-refractivity contribution in [2.75, 3.05) is 6.26 Å². The molecule has 0 aliphatic rings. The van der Waals surface area contributed by atoms with Crippen LogP contribution < -0.4 is 5.56 Å². The predicted octanol–water partition coefficient (Wildman–Crippen LogP) is 3.10. The van der Waals surface area contributed by atoms with Crippen LogP contribution in [-0.4, -0.2) is 34.8 Å². The monoisotopic (exact) mass is 421 g/mol. The van der Waals surface area contributed by atoms with E-state index in [4.69, 9.17) is 0 Å². The summed E-state index contributed by atoms with van der Waals surface area (Å²) < 4.78 is 16.4. The molecular formula is C17H19N5O2S3. The number of hydrogen-bond acceptors (Lipinski definition) is 7. The van der Waals surface area contributed by atoms with Gasteiger partial charge in [0, 0.05) is 35.7 Å². The van der Waals surface area contributed by atoms with Gasteiger partial charge < -0.3 is 4.57 Å². The molecule has 0 aliphatic carbocycles. The largest absolute Gasteiger partial charge is 0.323 e. The van der Waals surface area contributed by atoms with Crippen molar-refractivity contribution >= 4 is 54.7 Å². The van der Waals surface area contributed by atoms with Gasteiger partial charge in [-0.25, -0.2) is 14.6 Å². The lowest BCUT2D eigenvalue weighted by Crippen LogP contribution is -2.24. The quantitative estimate of drug-likeness (QED) is 0.494. The average Bonchev–Trinajstić information content (AvgIpc) is 3.33. The second-order valence-corrected chi connectivity index (χ2v) is 10.2. The van der Waals surface area contributed by atoms with Crippen molar-refractivity contribution in [3.63, 3.8) is 0 Å². The molecule has 142 valence electrons. The smallest absolute Gasteiger partial charge is 0.291 e. The van der Waals surface area contributed by atoms with Gasteiger partial charge in [-0.15, -0.1) is 22.7 Å². The fourth-order valence-corrected chi connectivity index (χ4v) is 5.76. The van der Waals surface area contributed by atoms with E-state index in [1.54, 1.807) is 28.4 Å². The summed E-state index contributed by atoms with van der Waals surface area (Å²) in [5.74, 6) is 0.417. The molecule has 27 heavy (non-hydrogen) atoms. The maximum atomic E-state index is 13.0. The van der Waals surface area contributed by atoms with Crippen LogP contribution in [0.1, 0.15) is 36.1 Å². The molecule has 0 fully saturated rings. The lowest BCUT2D eigenvalue weighted by molar-refractivity contribution is 0.649. The lowest BCUT2D eigenvalue weighted by Gasteiger charge is -2.04. The minimum atomic E-state index is -1.15. The Kier molecular flexibility index (Phi) is 4.73. The van der Waals surface area contributed by atoms with Crippen LogP contribution in [0, 0.1) is 0 Å². The molecule has 4 heterocycles. The van der Waals surface area contributed by atoms with Crippen molar-refractivity contribution in [2.24, 2.45) is 7.05 Å².